The Morgan fingerprint density at radius 1 is 1.05 bits per heavy atom. The zero-order chi connectivity index (χ0) is 14.7. The van der Waals surface area contributed by atoms with Crippen molar-refractivity contribution < 1.29 is 84.0 Å². The van der Waals surface area contributed by atoms with Crippen LogP contribution in [0.4, 0.5) is 0 Å². The number of carboxylic acids is 2. The van der Waals surface area contributed by atoms with Gasteiger partial charge < -0.3 is 20.1 Å². The van der Waals surface area contributed by atoms with E-state index in [0.717, 1.165) is 25.7 Å². The molecule has 0 amide bonds. The molecule has 0 unspecified atom stereocenters. The quantitative estimate of drug-likeness (QED) is 0.176. The van der Waals surface area contributed by atoms with Crippen LogP contribution in [0.15, 0.2) is 4.99 Å². The van der Waals surface area contributed by atoms with E-state index in [2.05, 4.69) is 11.9 Å². The molecule has 1 atom stereocenters. The Labute approximate surface area is 170 Å². The molecule has 0 aliphatic carbocycles. The molecule has 0 aliphatic rings. The Kier molecular flexibility index (Phi) is 21.0. The summed E-state index contributed by atoms with van der Waals surface area (Å²) in [5, 5.41) is 30.5. The van der Waals surface area contributed by atoms with Crippen LogP contribution in [0.3, 0.4) is 0 Å². The zero-order valence-electron chi connectivity index (χ0n) is 13.3. The number of carbonyl (C=O) groups is 2. The number of aliphatic carboxylic acids is 2. The fourth-order valence-electron chi connectivity index (χ4n) is 1.62. The largest absolute Gasteiger partial charge is 1.00 e. The van der Waals surface area contributed by atoms with Gasteiger partial charge in [0.15, 0.2) is 0 Å². The summed E-state index contributed by atoms with van der Waals surface area (Å²) in [5.74, 6) is -3.09. The molecule has 0 aliphatic heterocycles. The first-order valence-electron chi connectivity index (χ1n) is 6.63. The standard InChI is InChI=1S/C13H23NO5.2Na/c1-2-3-4-5-6-7-11(15)14-10(13(18)19)8-9-12(16)17;;/h10H,2-9H2,1H3,(H,14,15)(H,16,17)(H,18,19);;/q;2*+1/p-2/t10-;;/m0../s1. The molecule has 6 nitrogen and oxygen atoms in total. The Balaban J connectivity index is -0.00000162. The topological polar surface area (TPSA) is 113 Å². The van der Waals surface area contributed by atoms with Crippen LogP contribution in [-0.4, -0.2) is 29.0 Å². The number of hydrogen-bond donors (Lipinski definition) is 1. The van der Waals surface area contributed by atoms with Crippen molar-refractivity contribution in [3.05, 3.63) is 0 Å². The van der Waals surface area contributed by atoms with E-state index in [4.69, 9.17) is 5.11 Å². The van der Waals surface area contributed by atoms with Crippen LogP contribution in [0.25, 0.3) is 0 Å². The second-order valence-corrected chi connectivity index (χ2v) is 4.45. The summed E-state index contributed by atoms with van der Waals surface area (Å²) in [6.07, 6.45) is 4.50. The SMILES string of the molecule is CCCCCCCC([O-])=N[C@@H](CCC(=O)[O-])C(=O)O.[Na+].[Na+]. The molecule has 110 valence electrons. The number of hydrogen-bond acceptors (Lipinski definition) is 5. The molecule has 0 aromatic carbocycles. The monoisotopic (exact) mass is 317 g/mol. The Morgan fingerprint density at radius 2 is 1.62 bits per heavy atom. The molecule has 0 aromatic heterocycles. The predicted octanol–water partition coefficient (Wildman–Crippen LogP) is -5.90. The minimum atomic E-state index is -1.34. The number of rotatable bonds is 11. The Bertz CT molecular complexity index is 324. The van der Waals surface area contributed by atoms with Crippen LogP contribution in [0.2, 0.25) is 0 Å². The molecule has 0 aromatic rings. The summed E-state index contributed by atoms with van der Waals surface area (Å²) in [4.78, 5) is 24.6. The molecule has 0 radical (unpaired) electrons. The van der Waals surface area contributed by atoms with Gasteiger partial charge in [-0.2, -0.15) is 0 Å². The average Bonchev–Trinajstić information content (AvgIpc) is 2.33. The minimum absolute atomic E-state index is 0. The molecular formula is C13H21NNa2O5. The van der Waals surface area contributed by atoms with Gasteiger partial charge in [0.25, 0.3) is 0 Å². The first kappa shape index (κ1) is 26.3. The van der Waals surface area contributed by atoms with E-state index >= 15 is 0 Å². The maximum absolute atomic E-state index is 11.4. The molecule has 0 spiro atoms. The molecule has 21 heavy (non-hydrogen) atoms. The van der Waals surface area contributed by atoms with Crippen molar-refractivity contribution >= 4 is 17.8 Å². The summed E-state index contributed by atoms with van der Waals surface area (Å²) in [5.41, 5.74) is 0. The normalized spacial score (nSPS) is 12.0. The molecule has 0 saturated carbocycles. The van der Waals surface area contributed by atoms with Crippen LogP contribution < -0.4 is 69.3 Å². The minimum Gasteiger partial charge on any atom is -0.862 e. The van der Waals surface area contributed by atoms with Gasteiger partial charge in [-0.15, -0.1) is 0 Å². The smallest absolute Gasteiger partial charge is 0.862 e. The van der Waals surface area contributed by atoms with Crippen LogP contribution in [-0.2, 0) is 9.59 Å². The third-order valence-electron chi connectivity index (χ3n) is 2.70. The van der Waals surface area contributed by atoms with Crippen molar-refractivity contribution in [3.63, 3.8) is 0 Å². The third-order valence-corrected chi connectivity index (χ3v) is 2.70. The number of unbranched alkanes of at least 4 members (excludes halogenated alkanes) is 4. The molecular weight excluding hydrogens is 296 g/mol. The number of carboxylic acid groups (broad SMARTS) is 2. The van der Waals surface area contributed by atoms with Crippen molar-refractivity contribution in [2.24, 2.45) is 4.99 Å². The van der Waals surface area contributed by atoms with E-state index in [1.165, 1.54) is 0 Å². The van der Waals surface area contributed by atoms with E-state index in [-0.39, 0.29) is 72.0 Å². The average molecular weight is 317 g/mol. The molecule has 0 rings (SSSR count). The second-order valence-electron chi connectivity index (χ2n) is 4.45. The van der Waals surface area contributed by atoms with Gasteiger partial charge in [0, 0.05) is 5.97 Å². The summed E-state index contributed by atoms with van der Waals surface area (Å²) >= 11 is 0. The molecule has 1 N–H and O–H groups in total. The zero-order valence-corrected chi connectivity index (χ0v) is 17.3. The maximum atomic E-state index is 11.4. The van der Waals surface area contributed by atoms with Gasteiger partial charge in [0.05, 0.1) is 0 Å². The number of carbonyl (C=O) groups excluding carboxylic acids is 1. The first-order chi connectivity index (χ1) is 8.97. The molecule has 8 heteroatoms. The van der Waals surface area contributed by atoms with Crippen molar-refractivity contribution in [1.82, 2.24) is 0 Å². The molecule has 0 bridgehead atoms. The van der Waals surface area contributed by atoms with Gasteiger partial charge in [-0.1, -0.05) is 32.6 Å². The number of nitrogens with zero attached hydrogens (tertiary/aromatic N) is 1. The molecule has 0 saturated heterocycles. The van der Waals surface area contributed by atoms with E-state index in [1.807, 2.05) is 0 Å². The van der Waals surface area contributed by atoms with E-state index in [0.29, 0.717) is 6.42 Å². The molecule has 0 fully saturated rings. The predicted molar refractivity (Wildman–Crippen MR) is 66.5 cm³/mol. The number of aliphatic imine (C=N–C) groups is 1. The van der Waals surface area contributed by atoms with Gasteiger partial charge in [0.1, 0.15) is 6.04 Å². The van der Waals surface area contributed by atoms with Crippen molar-refractivity contribution in [2.75, 3.05) is 0 Å². The van der Waals surface area contributed by atoms with Crippen molar-refractivity contribution in [2.45, 2.75) is 64.3 Å². The van der Waals surface area contributed by atoms with Gasteiger partial charge in [-0.05, 0) is 31.6 Å². The van der Waals surface area contributed by atoms with Gasteiger partial charge in [0.2, 0.25) is 0 Å². The van der Waals surface area contributed by atoms with E-state index in [1.54, 1.807) is 0 Å². The summed E-state index contributed by atoms with van der Waals surface area (Å²) < 4.78 is 0. The first-order valence-corrected chi connectivity index (χ1v) is 6.63. The van der Waals surface area contributed by atoms with Crippen LogP contribution >= 0.6 is 0 Å². The van der Waals surface area contributed by atoms with Gasteiger partial charge in [-0.3, -0.25) is 4.99 Å². The van der Waals surface area contributed by atoms with Crippen LogP contribution in [0.5, 0.6) is 0 Å². The Hall–Kier alpha value is 0.410. The summed E-state index contributed by atoms with van der Waals surface area (Å²) in [6, 6.07) is -1.28. The fourth-order valence-corrected chi connectivity index (χ4v) is 1.62. The summed E-state index contributed by atoms with van der Waals surface area (Å²) in [7, 11) is 0. The van der Waals surface area contributed by atoms with Crippen molar-refractivity contribution in [1.29, 1.82) is 0 Å². The summed E-state index contributed by atoms with van der Waals surface area (Å²) in [6.45, 7) is 2.09. The fraction of sp³-hybridized carbons (Fsp3) is 0.769. The van der Waals surface area contributed by atoms with Crippen LogP contribution in [0, 0.1) is 0 Å². The van der Waals surface area contributed by atoms with Gasteiger partial charge in [-0.25, -0.2) is 4.79 Å². The second kappa shape index (κ2) is 16.8. The van der Waals surface area contributed by atoms with E-state index < -0.39 is 30.3 Å². The van der Waals surface area contributed by atoms with Crippen molar-refractivity contribution in [3.8, 4) is 0 Å². The molecule has 0 heterocycles. The van der Waals surface area contributed by atoms with Crippen LogP contribution in [0.1, 0.15) is 58.3 Å². The Morgan fingerprint density at radius 3 is 2.10 bits per heavy atom. The maximum Gasteiger partial charge on any atom is 1.00 e. The van der Waals surface area contributed by atoms with Gasteiger partial charge >= 0.3 is 65.1 Å². The third kappa shape index (κ3) is 16.6. The van der Waals surface area contributed by atoms with E-state index in [9.17, 15) is 19.8 Å².